The van der Waals surface area contributed by atoms with Crippen LogP contribution in [0.5, 0.6) is 0 Å². The number of carbonyl (C=O) groups is 3. The first kappa shape index (κ1) is 19.0. The number of imide groups is 1. The van der Waals surface area contributed by atoms with E-state index in [2.05, 4.69) is 5.32 Å². The first-order chi connectivity index (χ1) is 11.8. The maximum Gasteiger partial charge on any atom is 0.325 e. The Morgan fingerprint density at radius 2 is 1.88 bits per heavy atom. The van der Waals surface area contributed by atoms with E-state index in [1.807, 2.05) is 42.2 Å². The van der Waals surface area contributed by atoms with Crippen LogP contribution in [-0.4, -0.2) is 46.3 Å². The van der Waals surface area contributed by atoms with Crippen molar-refractivity contribution in [1.82, 2.24) is 15.1 Å². The van der Waals surface area contributed by atoms with E-state index in [9.17, 15) is 14.4 Å². The monoisotopic (exact) mass is 345 g/mol. The minimum atomic E-state index is -0.858. The van der Waals surface area contributed by atoms with Crippen LogP contribution in [0.2, 0.25) is 0 Å². The Hall–Kier alpha value is -2.37. The van der Waals surface area contributed by atoms with Gasteiger partial charge in [0.25, 0.3) is 5.91 Å². The van der Waals surface area contributed by atoms with Crippen molar-refractivity contribution in [1.29, 1.82) is 0 Å². The van der Waals surface area contributed by atoms with Gasteiger partial charge in [0.2, 0.25) is 5.91 Å². The molecule has 6 heteroatoms. The molecule has 6 nitrogen and oxygen atoms in total. The standard InChI is InChI=1S/C19H27N3O3/c1-4-12-21(14-15-9-6-5-7-10-15)16(23)11-8-13-22-17(24)19(2,3)20-18(22)25/h5-7,9-10H,4,8,11-14H2,1-3H3,(H,20,25). The Morgan fingerprint density at radius 1 is 1.20 bits per heavy atom. The summed E-state index contributed by atoms with van der Waals surface area (Å²) in [7, 11) is 0. The first-order valence-electron chi connectivity index (χ1n) is 8.81. The fourth-order valence-corrected chi connectivity index (χ4v) is 2.93. The third-order valence-corrected chi connectivity index (χ3v) is 4.28. The van der Waals surface area contributed by atoms with E-state index in [1.165, 1.54) is 4.90 Å². The summed E-state index contributed by atoms with van der Waals surface area (Å²) < 4.78 is 0. The molecule has 25 heavy (non-hydrogen) atoms. The number of hydrogen-bond acceptors (Lipinski definition) is 3. The molecular formula is C19H27N3O3. The lowest BCUT2D eigenvalue weighted by molar-refractivity contribution is -0.133. The minimum Gasteiger partial charge on any atom is -0.338 e. The molecule has 1 aliphatic heterocycles. The lowest BCUT2D eigenvalue weighted by Crippen LogP contribution is -2.40. The van der Waals surface area contributed by atoms with Gasteiger partial charge in [-0.3, -0.25) is 14.5 Å². The van der Waals surface area contributed by atoms with Gasteiger partial charge >= 0.3 is 6.03 Å². The van der Waals surface area contributed by atoms with Gasteiger partial charge in [-0.15, -0.1) is 0 Å². The molecular weight excluding hydrogens is 318 g/mol. The van der Waals surface area contributed by atoms with Gasteiger partial charge in [0, 0.05) is 26.1 Å². The van der Waals surface area contributed by atoms with E-state index in [0.717, 1.165) is 12.0 Å². The smallest absolute Gasteiger partial charge is 0.325 e. The molecule has 1 aliphatic rings. The number of amides is 4. The van der Waals surface area contributed by atoms with Gasteiger partial charge in [-0.05, 0) is 32.3 Å². The zero-order valence-electron chi connectivity index (χ0n) is 15.2. The van der Waals surface area contributed by atoms with Crippen LogP contribution >= 0.6 is 0 Å². The largest absolute Gasteiger partial charge is 0.338 e. The summed E-state index contributed by atoms with van der Waals surface area (Å²) in [5.41, 5.74) is 0.239. The molecule has 2 rings (SSSR count). The van der Waals surface area contributed by atoms with Crippen LogP contribution in [0.1, 0.15) is 45.6 Å². The number of benzene rings is 1. The van der Waals surface area contributed by atoms with Crippen molar-refractivity contribution < 1.29 is 14.4 Å². The number of hydrogen-bond donors (Lipinski definition) is 1. The minimum absolute atomic E-state index is 0.0528. The molecule has 1 heterocycles. The number of nitrogens with one attached hydrogen (secondary N) is 1. The zero-order valence-corrected chi connectivity index (χ0v) is 15.2. The highest BCUT2D eigenvalue weighted by Crippen LogP contribution is 2.17. The number of nitrogens with zero attached hydrogens (tertiary/aromatic N) is 2. The van der Waals surface area contributed by atoms with E-state index in [-0.39, 0.29) is 24.4 Å². The van der Waals surface area contributed by atoms with E-state index in [1.54, 1.807) is 13.8 Å². The van der Waals surface area contributed by atoms with E-state index < -0.39 is 5.54 Å². The second-order valence-electron chi connectivity index (χ2n) is 6.92. The van der Waals surface area contributed by atoms with Gasteiger partial charge < -0.3 is 10.2 Å². The summed E-state index contributed by atoms with van der Waals surface area (Å²) in [5, 5.41) is 2.65. The quantitative estimate of drug-likeness (QED) is 0.736. The highest BCUT2D eigenvalue weighted by molar-refractivity contribution is 6.06. The average Bonchev–Trinajstić information content (AvgIpc) is 2.76. The maximum atomic E-state index is 12.5. The predicted octanol–water partition coefficient (Wildman–Crippen LogP) is 2.54. The molecule has 0 saturated carbocycles. The molecule has 0 atom stereocenters. The molecule has 1 aromatic rings. The van der Waals surface area contributed by atoms with Gasteiger partial charge in [-0.1, -0.05) is 37.3 Å². The molecule has 0 radical (unpaired) electrons. The lowest BCUT2D eigenvalue weighted by atomic mass is 10.1. The Morgan fingerprint density at radius 3 is 2.44 bits per heavy atom. The summed E-state index contributed by atoms with van der Waals surface area (Å²) >= 11 is 0. The van der Waals surface area contributed by atoms with E-state index in [0.29, 0.717) is 25.9 Å². The molecule has 1 N–H and O–H groups in total. The molecule has 0 bridgehead atoms. The van der Waals surface area contributed by atoms with Gasteiger partial charge in [-0.25, -0.2) is 4.79 Å². The fraction of sp³-hybridized carbons (Fsp3) is 0.526. The van der Waals surface area contributed by atoms with Crippen LogP contribution < -0.4 is 5.32 Å². The Balaban J connectivity index is 1.87. The van der Waals surface area contributed by atoms with Gasteiger partial charge in [0.1, 0.15) is 5.54 Å². The molecule has 0 aromatic heterocycles. The average molecular weight is 345 g/mol. The molecule has 0 spiro atoms. The normalized spacial score (nSPS) is 16.0. The Labute approximate surface area is 149 Å². The lowest BCUT2D eigenvalue weighted by Gasteiger charge is -2.23. The maximum absolute atomic E-state index is 12.5. The topological polar surface area (TPSA) is 69.7 Å². The Kier molecular flexibility index (Phi) is 6.17. The van der Waals surface area contributed by atoms with E-state index in [4.69, 9.17) is 0 Å². The molecule has 1 fully saturated rings. The molecule has 0 unspecified atom stereocenters. The van der Waals surface area contributed by atoms with Gasteiger partial charge in [0.15, 0.2) is 0 Å². The molecule has 1 saturated heterocycles. The summed E-state index contributed by atoms with van der Waals surface area (Å²) in [4.78, 5) is 39.6. The summed E-state index contributed by atoms with van der Waals surface area (Å²) in [6, 6.07) is 9.51. The summed E-state index contributed by atoms with van der Waals surface area (Å²) in [5.74, 6) is -0.184. The second kappa shape index (κ2) is 8.14. The SMILES string of the molecule is CCCN(Cc1ccccc1)C(=O)CCCN1C(=O)NC(C)(C)C1=O. The van der Waals surface area contributed by atoms with Crippen LogP contribution in [0.25, 0.3) is 0 Å². The molecule has 136 valence electrons. The van der Waals surface area contributed by atoms with E-state index >= 15 is 0 Å². The second-order valence-corrected chi connectivity index (χ2v) is 6.92. The van der Waals surface area contributed by atoms with Gasteiger partial charge in [-0.2, -0.15) is 0 Å². The zero-order chi connectivity index (χ0) is 18.4. The van der Waals surface area contributed by atoms with Crippen molar-refractivity contribution in [3.05, 3.63) is 35.9 Å². The third-order valence-electron chi connectivity index (χ3n) is 4.28. The fourth-order valence-electron chi connectivity index (χ4n) is 2.93. The molecule has 1 aromatic carbocycles. The molecule has 4 amide bonds. The summed E-state index contributed by atoms with van der Waals surface area (Å²) in [6.07, 6.45) is 1.69. The van der Waals surface area contributed by atoms with Crippen molar-refractivity contribution in [3.63, 3.8) is 0 Å². The van der Waals surface area contributed by atoms with Crippen LogP contribution in [0.4, 0.5) is 4.79 Å². The van der Waals surface area contributed by atoms with Crippen LogP contribution in [-0.2, 0) is 16.1 Å². The number of rotatable bonds is 8. The summed E-state index contributed by atoms with van der Waals surface area (Å²) in [6.45, 7) is 6.96. The van der Waals surface area contributed by atoms with Gasteiger partial charge in [0.05, 0.1) is 0 Å². The van der Waals surface area contributed by atoms with Crippen molar-refractivity contribution in [2.75, 3.05) is 13.1 Å². The van der Waals surface area contributed by atoms with Crippen LogP contribution in [0, 0.1) is 0 Å². The highest BCUT2D eigenvalue weighted by atomic mass is 16.2. The molecule has 0 aliphatic carbocycles. The van der Waals surface area contributed by atoms with Crippen molar-refractivity contribution in [2.24, 2.45) is 0 Å². The highest BCUT2D eigenvalue weighted by Gasteiger charge is 2.43. The van der Waals surface area contributed by atoms with Crippen LogP contribution in [0.15, 0.2) is 30.3 Å². The first-order valence-corrected chi connectivity index (χ1v) is 8.81. The third kappa shape index (κ3) is 4.81. The van der Waals surface area contributed by atoms with Crippen LogP contribution in [0.3, 0.4) is 0 Å². The predicted molar refractivity (Wildman–Crippen MR) is 95.7 cm³/mol. The van der Waals surface area contributed by atoms with Crippen molar-refractivity contribution in [3.8, 4) is 0 Å². The van der Waals surface area contributed by atoms with Crippen molar-refractivity contribution >= 4 is 17.8 Å². The number of carbonyl (C=O) groups excluding carboxylic acids is 3. The van der Waals surface area contributed by atoms with Crippen molar-refractivity contribution in [2.45, 2.75) is 52.1 Å². The Bertz CT molecular complexity index is 628. The number of urea groups is 1.